The van der Waals surface area contributed by atoms with E-state index in [1.807, 2.05) is 0 Å². The Morgan fingerprint density at radius 2 is 1.96 bits per heavy atom. The number of ether oxygens (including phenoxy) is 1. The van der Waals surface area contributed by atoms with Gasteiger partial charge in [0.2, 0.25) is 5.82 Å². The van der Waals surface area contributed by atoms with Gasteiger partial charge in [0.1, 0.15) is 11.4 Å². The molecule has 2 heterocycles. The Hall–Kier alpha value is -2.90. The Bertz CT molecular complexity index is 831. The number of rotatable bonds is 3. The Labute approximate surface area is 128 Å². The first kappa shape index (κ1) is 15.0. The van der Waals surface area contributed by atoms with E-state index in [2.05, 4.69) is 15.1 Å². The molecule has 0 aliphatic rings. The van der Waals surface area contributed by atoms with E-state index in [0.29, 0.717) is 11.3 Å². The molecule has 2 aromatic heterocycles. The molecule has 118 valence electrons. The molecule has 0 unspecified atom stereocenters. The minimum atomic E-state index is -4.56. The lowest BCUT2D eigenvalue weighted by Crippen LogP contribution is -2.08. The van der Waals surface area contributed by atoms with Crippen LogP contribution in [0.5, 0.6) is 5.75 Å². The van der Waals surface area contributed by atoms with Crippen LogP contribution in [0.2, 0.25) is 0 Å². The van der Waals surface area contributed by atoms with Crippen LogP contribution in [-0.4, -0.2) is 22.2 Å². The molecule has 0 bridgehead atoms. The molecule has 3 aromatic rings. The summed E-state index contributed by atoms with van der Waals surface area (Å²) >= 11 is 0. The molecule has 23 heavy (non-hydrogen) atoms. The number of alkyl halides is 3. The van der Waals surface area contributed by atoms with Crippen LogP contribution < -0.4 is 4.74 Å². The van der Waals surface area contributed by atoms with Gasteiger partial charge in [-0.3, -0.25) is 4.98 Å². The van der Waals surface area contributed by atoms with E-state index in [1.54, 1.807) is 24.3 Å². The third kappa shape index (κ3) is 3.01. The molecule has 0 atom stereocenters. The van der Waals surface area contributed by atoms with Gasteiger partial charge in [0, 0.05) is 11.8 Å². The van der Waals surface area contributed by atoms with Gasteiger partial charge in [-0.1, -0.05) is 11.2 Å². The molecule has 0 saturated carbocycles. The van der Waals surface area contributed by atoms with Crippen LogP contribution in [0.3, 0.4) is 0 Å². The van der Waals surface area contributed by atoms with Crippen LogP contribution >= 0.6 is 0 Å². The molecule has 1 aromatic carbocycles. The average molecular weight is 321 g/mol. The fourth-order valence-corrected chi connectivity index (χ4v) is 2.01. The predicted molar refractivity (Wildman–Crippen MR) is 74.5 cm³/mol. The smallest absolute Gasteiger partial charge is 0.418 e. The zero-order valence-corrected chi connectivity index (χ0v) is 11.8. The molecule has 3 rings (SSSR count). The van der Waals surface area contributed by atoms with Crippen molar-refractivity contribution in [2.75, 3.05) is 7.11 Å². The topological polar surface area (TPSA) is 61.0 Å². The van der Waals surface area contributed by atoms with Crippen LogP contribution in [-0.2, 0) is 6.18 Å². The summed E-state index contributed by atoms with van der Waals surface area (Å²) in [6.07, 6.45) is -3.31. The largest absolute Gasteiger partial charge is 0.497 e. The first-order valence-corrected chi connectivity index (χ1v) is 6.50. The third-order valence-corrected chi connectivity index (χ3v) is 3.07. The highest BCUT2D eigenvalue weighted by Gasteiger charge is 2.35. The number of hydrogen-bond acceptors (Lipinski definition) is 5. The molecule has 0 aliphatic carbocycles. The Kier molecular flexibility index (Phi) is 3.73. The van der Waals surface area contributed by atoms with Crippen molar-refractivity contribution in [3.05, 3.63) is 48.2 Å². The van der Waals surface area contributed by atoms with Crippen molar-refractivity contribution in [3.63, 3.8) is 0 Å². The zero-order chi connectivity index (χ0) is 16.4. The summed E-state index contributed by atoms with van der Waals surface area (Å²) in [6, 6.07) is 8.88. The van der Waals surface area contributed by atoms with Crippen LogP contribution in [0, 0.1) is 0 Å². The molecular weight excluding hydrogens is 311 g/mol. The van der Waals surface area contributed by atoms with Crippen LogP contribution in [0.15, 0.2) is 47.1 Å². The maximum absolute atomic E-state index is 13.0. The van der Waals surface area contributed by atoms with Gasteiger partial charge < -0.3 is 9.26 Å². The Morgan fingerprint density at radius 3 is 2.70 bits per heavy atom. The van der Waals surface area contributed by atoms with Crippen molar-refractivity contribution in [1.29, 1.82) is 0 Å². The van der Waals surface area contributed by atoms with E-state index in [4.69, 9.17) is 9.26 Å². The molecule has 0 radical (unpaired) electrons. The summed E-state index contributed by atoms with van der Waals surface area (Å²) in [5, 5.41) is 3.60. The lowest BCUT2D eigenvalue weighted by Gasteiger charge is -2.08. The SMILES string of the molecule is COc1cccc(-c2nc(-c3ncccc3C(F)(F)F)no2)c1. The van der Waals surface area contributed by atoms with Gasteiger partial charge in [-0.05, 0) is 30.3 Å². The molecule has 5 nitrogen and oxygen atoms in total. The summed E-state index contributed by atoms with van der Waals surface area (Å²) in [5.74, 6) is 0.421. The van der Waals surface area contributed by atoms with Gasteiger partial charge >= 0.3 is 6.18 Å². The molecule has 8 heteroatoms. The molecule has 0 spiro atoms. The summed E-state index contributed by atoms with van der Waals surface area (Å²) in [4.78, 5) is 7.73. The van der Waals surface area contributed by atoms with Gasteiger partial charge in [-0.2, -0.15) is 18.2 Å². The van der Waals surface area contributed by atoms with Crippen molar-refractivity contribution >= 4 is 0 Å². The Balaban J connectivity index is 2.03. The van der Waals surface area contributed by atoms with Gasteiger partial charge in [-0.15, -0.1) is 0 Å². The first-order valence-electron chi connectivity index (χ1n) is 6.50. The number of nitrogens with zero attached hydrogens (tertiary/aromatic N) is 3. The van der Waals surface area contributed by atoms with Crippen LogP contribution in [0.25, 0.3) is 23.0 Å². The number of hydrogen-bond donors (Lipinski definition) is 0. The highest BCUT2D eigenvalue weighted by atomic mass is 19.4. The van der Waals surface area contributed by atoms with E-state index in [0.717, 1.165) is 6.07 Å². The maximum atomic E-state index is 13.0. The predicted octanol–water partition coefficient (Wildman–Crippen LogP) is 3.83. The van der Waals surface area contributed by atoms with Gasteiger partial charge in [0.15, 0.2) is 0 Å². The average Bonchev–Trinajstić information content (AvgIpc) is 3.04. The molecule has 0 N–H and O–H groups in total. The van der Waals surface area contributed by atoms with E-state index in [1.165, 1.54) is 19.4 Å². The molecule has 0 fully saturated rings. The number of benzene rings is 1. The lowest BCUT2D eigenvalue weighted by atomic mass is 10.1. The Morgan fingerprint density at radius 1 is 1.13 bits per heavy atom. The minimum Gasteiger partial charge on any atom is -0.497 e. The van der Waals surface area contributed by atoms with Crippen LogP contribution in [0.1, 0.15) is 5.56 Å². The third-order valence-electron chi connectivity index (χ3n) is 3.07. The molecule has 0 saturated heterocycles. The number of aromatic nitrogens is 3. The van der Waals surface area contributed by atoms with E-state index in [9.17, 15) is 13.2 Å². The molecular formula is C15H10F3N3O2. The second kappa shape index (κ2) is 5.71. The van der Waals surface area contributed by atoms with E-state index >= 15 is 0 Å². The summed E-state index contributed by atoms with van der Waals surface area (Å²) < 4.78 is 49.2. The van der Waals surface area contributed by atoms with Crippen molar-refractivity contribution < 1.29 is 22.4 Å². The van der Waals surface area contributed by atoms with Crippen molar-refractivity contribution in [2.24, 2.45) is 0 Å². The summed E-state index contributed by atoms with van der Waals surface area (Å²) in [7, 11) is 1.50. The first-order chi connectivity index (χ1) is 11.0. The van der Waals surface area contributed by atoms with Crippen molar-refractivity contribution in [3.8, 4) is 28.7 Å². The normalized spacial score (nSPS) is 11.5. The quantitative estimate of drug-likeness (QED) is 0.734. The van der Waals surface area contributed by atoms with Crippen molar-refractivity contribution in [1.82, 2.24) is 15.1 Å². The van der Waals surface area contributed by atoms with Gasteiger partial charge in [0.25, 0.3) is 5.89 Å². The fourth-order valence-electron chi connectivity index (χ4n) is 2.01. The monoisotopic (exact) mass is 321 g/mol. The molecule has 0 aliphatic heterocycles. The second-order valence-electron chi connectivity index (χ2n) is 4.55. The number of halogens is 3. The number of methoxy groups -OCH3 is 1. The van der Waals surface area contributed by atoms with E-state index < -0.39 is 11.7 Å². The fraction of sp³-hybridized carbons (Fsp3) is 0.133. The second-order valence-corrected chi connectivity index (χ2v) is 4.55. The zero-order valence-electron chi connectivity index (χ0n) is 11.8. The number of pyridine rings is 1. The highest BCUT2D eigenvalue weighted by Crippen LogP contribution is 2.35. The van der Waals surface area contributed by atoms with Gasteiger partial charge in [0.05, 0.1) is 12.7 Å². The minimum absolute atomic E-state index is 0.0812. The van der Waals surface area contributed by atoms with E-state index in [-0.39, 0.29) is 17.4 Å². The van der Waals surface area contributed by atoms with Crippen molar-refractivity contribution in [2.45, 2.75) is 6.18 Å². The lowest BCUT2D eigenvalue weighted by molar-refractivity contribution is -0.137. The summed E-state index contributed by atoms with van der Waals surface area (Å²) in [5.41, 5.74) is -0.761. The molecule has 0 amide bonds. The summed E-state index contributed by atoms with van der Waals surface area (Å²) in [6.45, 7) is 0. The van der Waals surface area contributed by atoms with Gasteiger partial charge in [-0.25, -0.2) is 0 Å². The standard InChI is InChI=1S/C15H10F3N3O2/c1-22-10-5-2-4-9(8-10)14-20-13(21-23-14)12-11(15(16,17)18)6-3-7-19-12/h2-8H,1H3. The maximum Gasteiger partial charge on any atom is 0.418 e. The van der Waals surface area contributed by atoms with Crippen LogP contribution in [0.4, 0.5) is 13.2 Å². The highest BCUT2D eigenvalue weighted by molar-refractivity contribution is 5.61.